The maximum atomic E-state index is 13.0. The third kappa shape index (κ3) is 2.88. The number of carbonyl (C=O) groups excluding carboxylic acids is 2. The molecule has 0 spiro atoms. The van der Waals surface area contributed by atoms with Crippen LogP contribution in [0.5, 0.6) is 0 Å². The van der Waals surface area contributed by atoms with Crippen LogP contribution in [0.1, 0.15) is 20.7 Å². The van der Waals surface area contributed by atoms with Crippen LogP contribution in [-0.4, -0.2) is 21.5 Å². The Morgan fingerprint density at radius 2 is 1.11 bits per heavy atom. The summed E-state index contributed by atoms with van der Waals surface area (Å²) in [7, 11) is 0. The van der Waals surface area contributed by atoms with Crippen molar-refractivity contribution < 1.29 is 18.4 Å². The van der Waals surface area contributed by atoms with E-state index in [1.807, 2.05) is 24.3 Å². The van der Waals surface area contributed by atoms with Gasteiger partial charge in [0.05, 0.1) is 29.1 Å². The molecule has 0 radical (unpaired) electrons. The zero-order valence-electron chi connectivity index (χ0n) is 18.7. The van der Waals surface area contributed by atoms with Gasteiger partial charge in [0.2, 0.25) is 11.8 Å². The lowest BCUT2D eigenvalue weighted by Crippen LogP contribution is -2.21. The third-order valence-corrected chi connectivity index (χ3v) is 6.17. The minimum absolute atomic E-state index is 0.0875. The maximum Gasteiger partial charge on any atom is 0.206 e. The van der Waals surface area contributed by atoms with Crippen LogP contribution in [0.2, 0.25) is 0 Å². The Balaban J connectivity index is 1.46. The van der Waals surface area contributed by atoms with Crippen molar-refractivity contribution in [1.29, 1.82) is 0 Å². The number of fused-ring (bicyclic) bond motifs is 3. The van der Waals surface area contributed by atoms with E-state index < -0.39 is 0 Å². The van der Waals surface area contributed by atoms with E-state index in [9.17, 15) is 9.59 Å². The number of rotatable bonds is 3. The van der Waals surface area contributed by atoms with E-state index in [0.717, 1.165) is 0 Å². The average molecular weight is 472 g/mol. The standard InChI is InChI=1S/C28H16N4O4/c33-25-17-7-1-2-8-18(17)26(34)19(25)13-14-22-31(23-11-5-15-35-23)27-28(32(22)24-12-6-16-36-24)30-21-10-4-3-9-20(21)29-27/h1-16H. The highest BCUT2D eigenvalue weighted by Crippen LogP contribution is 2.48. The number of hydrogen-bond acceptors (Lipinski definition) is 8. The molecule has 0 bridgehead atoms. The minimum Gasteiger partial charge on any atom is -0.448 e. The molecule has 1 aliphatic heterocycles. The summed E-state index contributed by atoms with van der Waals surface area (Å²) in [6.45, 7) is 0. The highest BCUT2D eigenvalue weighted by Gasteiger charge is 2.39. The predicted molar refractivity (Wildman–Crippen MR) is 133 cm³/mol. The van der Waals surface area contributed by atoms with Gasteiger partial charge in [0.15, 0.2) is 23.2 Å². The van der Waals surface area contributed by atoms with Crippen molar-refractivity contribution in [3.8, 4) is 0 Å². The molecule has 4 heterocycles. The van der Waals surface area contributed by atoms with Gasteiger partial charge in [0.1, 0.15) is 5.82 Å². The third-order valence-electron chi connectivity index (χ3n) is 6.17. The van der Waals surface area contributed by atoms with E-state index in [0.29, 0.717) is 51.4 Å². The first-order chi connectivity index (χ1) is 17.7. The van der Waals surface area contributed by atoms with Crippen LogP contribution >= 0.6 is 0 Å². The Kier molecular flexibility index (Phi) is 4.28. The van der Waals surface area contributed by atoms with Crippen molar-refractivity contribution in [2.45, 2.75) is 0 Å². The van der Waals surface area contributed by atoms with Gasteiger partial charge in [-0.3, -0.25) is 9.59 Å². The van der Waals surface area contributed by atoms with Gasteiger partial charge in [-0.15, -0.1) is 0 Å². The zero-order valence-corrected chi connectivity index (χ0v) is 18.7. The number of benzene rings is 2. The van der Waals surface area contributed by atoms with Crippen LogP contribution in [-0.2, 0) is 0 Å². The minimum atomic E-state index is -0.306. The first-order valence-corrected chi connectivity index (χ1v) is 11.3. The normalized spacial score (nSPS) is 14.6. The summed E-state index contributed by atoms with van der Waals surface area (Å²) in [6, 6.07) is 21.5. The number of allylic oxidation sites excluding steroid dienone is 3. The van der Waals surface area contributed by atoms with Crippen molar-refractivity contribution >= 4 is 46.0 Å². The number of carbonyl (C=O) groups is 2. The molecule has 0 unspecified atom stereocenters. The number of hydrogen-bond donors (Lipinski definition) is 0. The van der Waals surface area contributed by atoms with Crippen molar-refractivity contribution in [3.63, 3.8) is 0 Å². The van der Waals surface area contributed by atoms with Gasteiger partial charge in [-0.2, -0.15) is 0 Å². The van der Waals surface area contributed by atoms with E-state index in [1.54, 1.807) is 76.9 Å². The highest BCUT2D eigenvalue weighted by molar-refractivity contribution is 6.39. The van der Waals surface area contributed by atoms with E-state index >= 15 is 0 Å². The molecule has 0 amide bonds. The summed E-state index contributed by atoms with van der Waals surface area (Å²) in [5.74, 6) is 1.96. The second-order valence-corrected chi connectivity index (χ2v) is 8.24. The van der Waals surface area contributed by atoms with E-state index in [1.165, 1.54) is 6.08 Å². The first kappa shape index (κ1) is 20.2. The van der Waals surface area contributed by atoms with Gasteiger partial charge in [-0.05, 0) is 36.4 Å². The van der Waals surface area contributed by atoms with Crippen LogP contribution in [0.4, 0.5) is 23.4 Å². The maximum absolute atomic E-state index is 13.0. The van der Waals surface area contributed by atoms with Crippen LogP contribution in [0.15, 0.2) is 118 Å². The molecule has 0 N–H and O–H groups in total. The van der Waals surface area contributed by atoms with Gasteiger partial charge in [-0.25, -0.2) is 19.8 Å². The number of ketones is 2. The molecular formula is C28H16N4O4. The topological polar surface area (TPSA) is 92.7 Å². The molecular weight excluding hydrogens is 456 g/mol. The molecule has 2 aliphatic rings. The molecule has 5 aromatic rings. The van der Waals surface area contributed by atoms with Crippen molar-refractivity contribution in [2.75, 3.05) is 9.80 Å². The predicted octanol–water partition coefficient (Wildman–Crippen LogP) is 5.95. The molecule has 1 aliphatic carbocycles. The summed E-state index contributed by atoms with van der Waals surface area (Å²) >= 11 is 0. The zero-order chi connectivity index (χ0) is 24.2. The number of aromatic nitrogens is 2. The molecule has 36 heavy (non-hydrogen) atoms. The second kappa shape index (κ2) is 7.64. The van der Waals surface area contributed by atoms with Gasteiger partial charge < -0.3 is 8.83 Å². The van der Waals surface area contributed by atoms with Gasteiger partial charge in [-0.1, -0.05) is 36.4 Å². The van der Waals surface area contributed by atoms with Crippen LogP contribution in [0, 0.1) is 0 Å². The van der Waals surface area contributed by atoms with Crippen molar-refractivity contribution in [2.24, 2.45) is 0 Å². The van der Waals surface area contributed by atoms with E-state index in [-0.39, 0.29) is 17.1 Å². The summed E-state index contributed by atoms with van der Waals surface area (Å²) < 4.78 is 11.5. The molecule has 0 saturated carbocycles. The fourth-order valence-electron chi connectivity index (χ4n) is 4.56. The van der Waals surface area contributed by atoms with Crippen LogP contribution < -0.4 is 9.80 Å². The Hall–Kier alpha value is -5.24. The Morgan fingerprint density at radius 1 is 0.611 bits per heavy atom. The van der Waals surface area contributed by atoms with Crippen molar-refractivity contribution in [3.05, 3.63) is 120 Å². The summed E-state index contributed by atoms with van der Waals surface area (Å²) in [5.41, 5.74) is 2.32. The quantitative estimate of drug-likeness (QED) is 0.235. The lowest BCUT2D eigenvalue weighted by molar-refractivity contribution is 0.0988. The molecule has 8 nitrogen and oxygen atoms in total. The number of Topliss-reactive ketones (excluding diaryl/α,β-unsaturated/α-hetero) is 2. The van der Waals surface area contributed by atoms with Crippen molar-refractivity contribution in [1.82, 2.24) is 9.97 Å². The monoisotopic (exact) mass is 472 g/mol. The average Bonchev–Trinajstić information content (AvgIpc) is 3.70. The molecule has 0 atom stereocenters. The summed E-state index contributed by atoms with van der Waals surface area (Å²) in [6.07, 6.45) is 6.36. The summed E-state index contributed by atoms with van der Waals surface area (Å²) in [4.78, 5) is 39.3. The smallest absolute Gasteiger partial charge is 0.206 e. The number of furan rings is 2. The van der Waals surface area contributed by atoms with Gasteiger partial charge >= 0.3 is 0 Å². The Labute approximate surface area is 204 Å². The summed E-state index contributed by atoms with van der Waals surface area (Å²) in [5, 5.41) is 0. The lowest BCUT2D eigenvalue weighted by atomic mass is 10.1. The van der Waals surface area contributed by atoms with Gasteiger partial charge in [0.25, 0.3) is 0 Å². The fraction of sp³-hybridized carbons (Fsp3) is 0. The van der Waals surface area contributed by atoms with E-state index in [2.05, 4.69) is 0 Å². The number of nitrogens with zero attached hydrogens (tertiary/aromatic N) is 4. The van der Waals surface area contributed by atoms with Crippen LogP contribution in [0.3, 0.4) is 0 Å². The molecule has 3 aromatic heterocycles. The number of para-hydroxylation sites is 2. The van der Waals surface area contributed by atoms with Crippen LogP contribution in [0.25, 0.3) is 11.0 Å². The molecule has 2 aromatic carbocycles. The Bertz CT molecular complexity index is 1610. The molecule has 0 saturated heterocycles. The van der Waals surface area contributed by atoms with Gasteiger partial charge in [0, 0.05) is 23.3 Å². The molecule has 172 valence electrons. The van der Waals surface area contributed by atoms with E-state index in [4.69, 9.17) is 18.8 Å². The Morgan fingerprint density at radius 3 is 1.58 bits per heavy atom. The molecule has 7 rings (SSSR count). The first-order valence-electron chi connectivity index (χ1n) is 11.3. The second-order valence-electron chi connectivity index (χ2n) is 8.24. The highest BCUT2D eigenvalue weighted by atomic mass is 16.4. The lowest BCUT2D eigenvalue weighted by Gasteiger charge is -2.20. The number of anilines is 4. The molecule has 8 heteroatoms. The largest absolute Gasteiger partial charge is 0.448 e. The SMILES string of the molecule is O=C1C(=CC=C2N(c3ccco3)c3nc4ccccc4nc3N2c2ccco2)C(=O)c2ccccc21. The fourth-order valence-corrected chi connectivity index (χ4v) is 4.56. The molecule has 0 fully saturated rings.